The Balaban J connectivity index is 1.33. The van der Waals surface area contributed by atoms with Crippen LogP contribution in [0.3, 0.4) is 0 Å². The molecule has 4 aromatic rings. The van der Waals surface area contributed by atoms with Crippen molar-refractivity contribution in [2.45, 2.75) is 26.3 Å². The molecule has 3 N–H and O–H groups in total. The quantitative estimate of drug-likeness (QED) is 0.235. The molecule has 4 rings (SSSR count). The van der Waals surface area contributed by atoms with Crippen molar-refractivity contribution in [1.82, 2.24) is 0 Å². The number of carbonyl (C=O) groups is 2. The van der Waals surface area contributed by atoms with Gasteiger partial charge in [-0.15, -0.1) is 11.3 Å². The third-order valence-corrected chi connectivity index (χ3v) is 6.56. The highest BCUT2D eigenvalue weighted by Gasteiger charge is 2.14. The average Bonchev–Trinajstić information content (AvgIpc) is 3.27. The molecule has 0 saturated heterocycles. The number of benzene rings is 3. The van der Waals surface area contributed by atoms with Crippen molar-refractivity contribution in [2.24, 2.45) is 5.73 Å². The fraction of sp³-hybridized carbons (Fsp3) is 0.143. The summed E-state index contributed by atoms with van der Waals surface area (Å²) in [6.45, 7) is 2.60. The van der Waals surface area contributed by atoms with E-state index < -0.39 is 5.97 Å². The Kier molecular flexibility index (Phi) is 7.52. The molecule has 0 aliphatic heterocycles. The number of nitrogens with two attached hydrogens (primary N) is 1. The predicted octanol–water partition coefficient (Wildman–Crippen LogP) is 5.92. The highest BCUT2D eigenvalue weighted by Crippen LogP contribution is 2.31. The first kappa shape index (κ1) is 23.4. The summed E-state index contributed by atoms with van der Waals surface area (Å²) < 4.78 is 0. The van der Waals surface area contributed by atoms with E-state index in [1.54, 1.807) is 47.7 Å². The maximum Gasteiger partial charge on any atom is 0.332 e. The predicted molar refractivity (Wildman–Crippen MR) is 137 cm³/mol. The largest absolute Gasteiger partial charge is 0.343 e. The van der Waals surface area contributed by atoms with Crippen molar-refractivity contribution >= 4 is 28.8 Å². The van der Waals surface area contributed by atoms with Gasteiger partial charge in [0.1, 0.15) is 0 Å². The summed E-state index contributed by atoms with van der Waals surface area (Å²) in [5.74, 6) is -0.539. The molecule has 1 aromatic heterocycles. The molecule has 0 aliphatic rings. The highest BCUT2D eigenvalue weighted by molar-refractivity contribution is 7.12. The van der Waals surface area contributed by atoms with Crippen LogP contribution in [0.15, 0.2) is 84.9 Å². The summed E-state index contributed by atoms with van der Waals surface area (Å²) in [7, 11) is 0. The molecule has 0 unspecified atom stereocenters. The minimum absolute atomic E-state index is 0.140. The molecule has 172 valence electrons. The zero-order valence-corrected chi connectivity index (χ0v) is 19.7. The zero-order valence-electron chi connectivity index (χ0n) is 18.9. The average molecular weight is 471 g/mol. The van der Waals surface area contributed by atoms with Crippen LogP contribution in [0.2, 0.25) is 0 Å². The van der Waals surface area contributed by atoms with Crippen LogP contribution >= 0.6 is 11.3 Å². The summed E-state index contributed by atoms with van der Waals surface area (Å²) in [6.07, 6.45) is 0.768. The number of ketones is 1. The Labute approximate surface area is 203 Å². The third kappa shape index (κ3) is 5.60. The van der Waals surface area contributed by atoms with Gasteiger partial charge in [0.2, 0.25) is 0 Å². The summed E-state index contributed by atoms with van der Waals surface area (Å²) in [4.78, 5) is 32.8. The van der Waals surface area contributed by atoms with Crippen LogP contribution in [-0.4, -0.2) is 11.8 Å². The molecule has 1 heterocycles. The standard InChI is InChI=1S/C28H26N2O3S/c1-19-17-24(26(18-29)34-19)21-14-11-20(12-15-21)13-16-27(31)33-30-25-10-6-5-9-23(25)28(32)22-7-3-2-4-8-22/h2-12,14-15,17,30H,13,16,18,29H2,1H3. The molecule has 0 saturated carbocycles. The minimum atomic E-state index is -0.398. The number of carbonyl (C=O) groups excluding carboxylic acids is 2. The van der Waals surface area contributed by atoms with E-state index >= 15 is 0 Å². The van der Waals surface area contributed by atoms with Gasteiger partial charge in [0.25, 0.3) is 0 Å². The van der Waals surface area contributed by atoms with Gasteiger partial charge in [0.05, 0.1) is 12.1 Å². The van der Waals surface area contributed by atoms with Gasteiger partial charge in [-0.2, -0.15) is 0 Å². The molecule has 0 aliphatic carbocycles. The Morgan fingerprint density at radius 2 is 1.65 bits per heavy atom. The van der Waals surface area contributed by atoms with Crippen LogP contribution in [0, 0.1) is 6.92 Å². The SMILES string of the molecule is Cc1cc(-c2ccc(CCC(=O)ONc3ccccc3C(=O)c3ccccc3)cc2)c(CN)s1. The number of hydrogen-bond donors (Lipinski definition) is 2. The Hall–Kier alpha value is -3.74. The number of para-hydroxylation sites is 1. The second-order valence-corrected chi connectivity index (χ2v) is 9.25. The fourth-order valence-corrected chi connectivity index (χ4v) is 4.67. The molecular formula is C28H26N2O3S. The van der Waals surface area contributed by atoms with Gasteiger partial charge in [-0.3, -0.25) is 4.79 Å². The zero-order chi connectivity index (χ0) is 23.9. The molecule has 0 spiro atoms. The van der Waals surface area contributed by atoms with Crippen molar-refractivity contribution in [3.05, 3.63) is 111 Å². The molecule has 0 bridgehead atoms. The normalized spacial score (nSPS) is 10.6. The van der Waals surface area contributed by atoms with Gasteiger partial charge in [0, 0.05) is 27.4 Å². The molecule has 0 fully saturated rings. The van der Waals surface area contributed by atoms with Crippen LogP contribution in [0.5, 0.6) is 0 Å². The van der Waals surface area contributed by atoms with Crippen LogP contribution in [-0.2, 0) is 22.6 Å². The number of anilines is 1. The van der Waals surface area contributed by atoms with E-state index in [0.29, 0.717) is 29.8 Å². The van der Waals surface area contributed by atoms with E-state index in [1.807, 2.05) is 30.3 Å². The number of rotatable bonds is 9. The van der Waals surface area contributed by atoms with E-state index in [0.717, 1.165) is 11.1 Å². The first-order valence-electron chi connectivity index (χ1n) is 11.1. The smallest absolute Gasteiger partial charge is 0.332 e. The molecule has 3 aromatic carbocycles. The molecule has 5 nitrogen and oxygen atoms in total. The molecule has 0 radical (unpaired) electrons. The van der Waals surface area contributed by atoms with Crippen molar-refractivity contribution < 1.29 is 14.4 Å². The van der Waals surface area contributed by atoms with Gasteiger partial charge in [-0.25, -0.2) is 10.3 Å². The highest BCUT2D eigenvalue weighted by atomic mass is 32.1. The van der Waals surface area contributed by atoms with Gasteiger partial charge in [-0.05, 0) is 48.2 Å². The number of hydrogen-bond acceptors (Lipinski definition) is 6. The number of nitrogens with one attached hydrogen (secondary N) is 1. The molecule has 34 heavy (non-hydrogen) atoms. The first-order chi connectivity index (χ1) is 16.5. The second-order valence-electron chi connectivity index (χ2n) is 7.91. The summed E-state index contributed by atoms with van der Waals surface area (Å²) in [6, 6.07) is 26.3. The van der Waals surface area contributed by atoms with Crippen molar-refractivity contribution in [2.75, 3.05) is 5.48 Å². The van der Waals surface area contributed by atoms with Gasteiger partial charge in [0.15, 0.2) is 5.78 Å². The maximum absolute atomic E-state index is 12.8. The Bertz CT molecular complexity index is 1280. The molecule has 6 heteroatoms. The van der Waals surface area contributed by atoms with Crippen LogP contribution in [0.4, 0.5) is 5.69 Å². The Morgan fingerprint density at radius 3 is 2.38 bits per heavy atom. The molecule has 0 atom stereocenters. The van der Waals surface area contributed by atoms with E-state index in [1.165, 1.54) is 15.3 Å². The van der Waals surface area contributed by atoms with Crippen LogP contribution in [0.25, 0.3) is 11.1 Å². The lowest BCUT2D eigenvalue weighted by Crippen LogP contribution is -2.14. The fourth-order valence-electron chi connectivity index (χ4n) is 3.73. The van der Waals surface area contributed by atoms with E-state index in [-0.39, 0.29) is 12.2 Å². The van der Waals surface area contributed by atoms with E-state index in [2.05, 4.69) is 30.6 Å². The van der Waals surface area contributed by atoms with Crippen molar-refractivity contribution in [3.63, 3.8) is 0 Å². The van der Waals surface area contributed by atoms with Crippen molar-refractivity contribution in [1.29, 1.82) is 0 Å². The van der Waals surface area contributed by atoms with Crippen LogP contribution in [0.1, 0.15) is 37.7 Å². The number of thiophene rings is 1. The van der Waals surface area contributed by atoms with E-state index in [9.17, 15) is 9.59 Å². The summed E-state index contributed by atoms with van der Waals surface area (Å²) in [5.41, 5.74) is 13.3. The lowest BCUT2D eigenvalue weighted by molar-refractivity contribution is -0.140. The minimum Gasteiger partial charge on any atom is -0.343 e. The number of aryl methyl sites for hydroxylation is 2. The molecular weight excluding hydrogens is 444 g/mol. The van der Waals surface area contributed by atoms with Gasteiger partial charge < -0.3 is 10.6 Å². The lowest BCUT2D eigenvalue weighted by atomic mass is 10.0. The Morgan fingerprint density at radius 1 is 0.941 bits per heavy atom. The van der Waals surface area contributed by atoms with Gasteiger partial charge in [-0.1, -0.05) is 66.7 Å². The first-order valence-corrected chi connectivity index (χ1v) is 11.9. The topological polar surface area (TPSA) is 81.4 Å². The molecule has 0 amide bonds. The van der Waals surface area contributed by atoms with Gasteiger partial charge >= 0.3 is 5.97 Å². The lowest BCUT2D eigenvalue weighted by Gasteiger charge is -2.11. The maximum atomic E-state index is 12.8. The summed E-state index contributed by atoms with van der Waals surface area (Å²) in [5, 5.41) is 0. The van der Waals surface area contributed by atoms with Crippen LogP contribution < -0.4 is 11.2 Å². The summed E-state index contributed by atoms with van der Waals surface area (Å²) >= 11 is 1.72. The van der Waals surface area contributed by atoms with Crippen molar-refractivity contribution in [3.8, 4) is 11.1 Å². The second kappa shape index (κ2) is 10.9. The monoisotopic (exact) mass is 470 g/mol. The third-order valence-electron chi connectivity index (χ3n) is 5.48. The van der Waals surface area contributed by atoms with E-state index in [4.69, 9.17) is 10.6 Å².